The fourth-order valence-electron chi connectivity index (χ4n) is 2.62. The van der Waals surface area contributed by atoms with Crippen LogP contribution < -0.4 is 5.32 Å². The standard InChI is InChI=1S/C19H19BrFN3O/c1-11-8-9-14(10-17(11)21)18-23-19(25-24-18)13(3)22-12(2)15-6-4-5-7-16(15)20/h4-10,12-13,22H,1-3H3. The molecular weight excluding hydrogens is 385 g/mol. The Morgan fingerprint density at radius 3 is 2.60 bits per heavy atom. The van der Waals surface area contributed by atoms with E-state index in [0.29, 0.717) is 22.8 Å². The molecule has 1 heterocycles. The van der Waals surface area contributed by atoms with Crippen LogP contribution >= 0.6 is 15.9 Å². The molecule has 0 bridgehead atoms. The number of halogens is 2. The second-order valence-corrected chi connectivity index (χ2v) is 6.91. The van der Waals surface area contributed by atoms with E-state index in [4.69, 9.17) is 4.52 Å². The van der Waals surface area contributed by atoms with Crippen molar-refractivity contribution in [2.24, 2.45) is 0 Å². The largest absolute Gasteiger partial charge is 0.337 e. The van der Waals surface area contributed by atoms with Crippen LogP contribution in [0.25, 0.3) is 11.4 Å². The number of rotatable bonds is 5. The zero-order chi connectivity index (χ0) is 18.0. The molecule has 0 saturated heterocycles. The Balaban J connectivity index is 1.75. The summed E-state index contributed by atoms with van der Waals surface area (Å²) in [5, 5.41) is 7.41. The van der Waals surface area contributed by atoms with E-state index >= 15 is 0 Å². The minimum absolute atomic E-state index is 0.0951. The minimum atomic E-state index is -0.280. The molecule has 2 aromatic carbocycles. The second-order valence-electron chi connectivity index (χ2n) is 6.05. The molecule has 0 amide bonds. The molecule has 130 valence electrons. The Labute approximate surface area is 154 Å². The molecule has 6 heteroatoms. The molecular formula is C19H19BrFN3O. The van der Waals surface area contributed by atoms with Crippen LogP contribution in [-0.4, -0.2) is 10.1 Å². The Bertz CT molecular complexity index is 881. The summed E-state index contributed by atoms with van der Waals surface area (Å²) < 4.78 is 20.1. The number of hydrogen-bond acceptors (Lipinski definition) is 4. The third kappa shape index (κ3) is 3.96. The summed E-state index contributed by atoms with van der Waals surface area (Å²) in [6.07, 6.45) is 0. The first kappa shape index (κ1) is 17.8. The second kappa shape index (κ2) is 7.45. The molecule has 3 rings (SSSR count). The molecule has 25 heavy (non-hydrogen) atoms. The lowest BCUT2D eigenvalue weighted by atomic mass is 10.1. The minimum Gasteiger partial charge on any atom is -0.337 e. The van der Waals surface area contributed by atoms with Gasteiger partial charge in [0, 0.05) is 16.1 Å². The molecule has 0 radical (unpaired) electrons. The number of aryl methyl sites for hydroxylation is 1. The normalized spacial score (nSPS) is 13.6. The highest BCUT2D eigenvalue weighted by molar-refractivity contribution is 9.10. The molecule has 1 N–H and O–H groups in total. The molecule has 0 aliphatic heterocycles. The van der Waals surface area contributed by atoms with Gasteiger partial charge >= 0.3 is 0 Å². The lowest BCUT2D eigenvalue weighted by Gasteiger charge is -2.18. The van der Waals surface area contributed by atoms with Gasteiger partial charge in [0.25, 0.3) is 0 Å². The van der Waals surface area contributed by atoms with E-state index < -0.39 is 0 Å². The van der Waals surface area contributed by atoms with Crippen LogP contribution in [0.5, 0.6) is 0 Å². The van der Waals surface area contributed by atoms with Crippen LogP contribution in [-0.2, 0) is 0 Å². The first-order valence-corrected chi connectivity index (χ1v) is 8.85. The Morgan fingerprint density at radius 2 is 1.88 bits per heavy atom. The average Bonchev–Trinajstić information content (AvgIpc) is 3.08. The third-order valence-corrected chi connectivity index (χ3v) is 4.84. The van der Waals surface area contributed by atoms with Gasteiger partial charge in [-0.25, -0.2) is 4.39 Å². The number of hydrogen-bond donors (Lipinski definition) is 1. The van der Waals surface area contributed by atoms with Gasteiger partial charge in [-0.05, 0) is 44.0 Å². The number of nitrogens with zero attached hydrogens (tertiary/aromatic N) is 2. The van der Waals surface area contributed by atoms with E-state index in [2.05, 4.69) is 44.4 Å². The van der Waals surface area contributed by atoms with Crippen LogP contribution in [0, 0.1) is 12.7 Å². The summed E-state index contributed by atoms with van der Waals surface area (Å²) in [4.78, 5) is 4.40. The van der Waals surface area contributed by atoms with Gasteiger partial charge in [0.1, 0.15) is 5.82 Å². The fourth-order valence-corrected chi connectivity index (χ4v) is 3.25. The molecule has 0 aliphatic rings. The molecule has 2 unspecified atom stereocenters. The summed E-state index contributed by atoms with van der Waals surface area (Å²) in [6.45, 7) is 5.75. The van der Waals surface area contributed by atoms with Gasteiger partial charge in [-0.15, -0.1) is 0 Å². The third-order valence-electron chi connectivity index (χ3n) is 4.11. The topological polar surface area (TPSA) is 51.0 Å². The number of benzene rings is 2. The quantitative estimate of drug-likeness (QED) is 0.622. The van der Waals surface area contributed by atoms with Crippen molar-refractivity contribution in [2.45, 2.75) is 32.9 Å². The van der Waals surface area contributed by atoms with Crippen LogP contribution in [0.15, 0.2) is 51.5 Å². The van der Waals surface area contributed by atoms with Crippen molar-refractivity contribution in [1.29, 1.82) is 0 Å². The van der Waals surface area contributed by atoms with E-state index in [1.54, 1.807) is 19.1 Å². The van der Waals surface area contributed by atoms with Crippen molar-refractivity contribution in [1.82, 2.24) is 15.5 Å². The monoisotopic (exact) mass is 403 g/mol. The zero-order valence-electron chi connectivity index (χ0n) is 14.3. The van der Waals surface area contributed by atoms with Crippen molar-refractivity contribution in [2.75, 3.05) is 0 Å². The Kier molecular flexibility index (Phi) is 5.30. The first-order valence-electron chi connectivity index (χ1n) is 8.06. The fraction of sp³-hybridized carbons (Fsp3) is 0.263. The maximum Gasteiger partial charge on any atom is 0.243 e. The van der Waals surface area contributed by atoms with E-state index in [9.17, 15) is 4.39 Å². The lowest BCUT2D eigenvalue weighted by molar-refractivity contribution is 0.328. The smallest absolute Gasteiger partial charge is 0.243 e. The molecule has 3 aromatic rings. The van der Waals surface area contributed by atoms with E-state index in [0.717, 1.165) is 10.0 Å². The van der Waals surface area contributed by atoms with Crippen molar-refractivity contribution in [3.63, 3.8) is 0 Å². The Morgan fingerprint density at radius 1 is 1.12 bits per heavy atom. The van der Waals surface area contributed by atoms with Crippen molar-refractivity contribution >= 4 is 15.9 Å². The van der Waals surface area contributed by atoms with Gasteiger partial charge in [0.05, 0.1) is 6.04 Å². The molecule has 0 aliphatic carbocycles. The lowest BCUT2D eigenvalue weighted by Crippen LogP contribution is -2.23. The summed E-state index contributed by atoms with van der Waals surface area (Å²) in [5.41, 5.74) is 2.34. The summed E-state index contributed by atoms with van der Waals surface area (Å²) >= 11 is 3.56. The van der Waals surface area contributed by atoms with Gasteiger partial charge in [-0.2, -0.15) is 4.98 Å². The number of aromatic nitrogens is 2. The first-order chi connectivity index (χ1) is 12.0. The summed E-state index contributed by atoms with van der Waals surface area (Å²) in [5.74, 6) is 0.573. The van der Waals surface area contributed by atoms with Gasteiger partial charge in [0.15, 0.2) is 0 Å². The van der Waals surface area contributed by atoms with E-state index in [-0.39, 0.29) is 17.9 Å². The predicted octanol–water partition coefficient (Wildman–Crippen LogP) is 5.36. The molecule has 4 nitrogen and oxygen atoms in total. The van der Waals surface area contributed by atoms with Gasteiger partial charge in [-0.3, -0.25) is 5.32 Å². The van der Waals surface area contributed by atoms with E-state index in [1.165, 1.54) is 6.07 Å². The van der Waals surface area contributed by atoms with Gasteiger partial charge in [0.2, 0.25) is 11.7 Å². The van der Waals surface area contributed by atoms with Crippen LogP contribution in [0.4, 0.5) is 4.39 Å². The molecule has 0 spiro atoms. The van der Waals surface area contributed by atoms with Crippen molar-refractivity contribution in [3.05, 3.63) is 69.8 Å². The van der Waals surface area contributed by atoms with Crippen LogP contribution in [0.2, 0.25) is 0 Å². The maximum atomic E-state index is 13.7. The van der Waals surface area contributed by atoms with Gasteiger partial charge < -0.3 is 4.52 Å². The Hall–Kier alpha value is -2.05. The van der Waals surface area contributed by atoms with Crippen molar-refractivity contribution in [3.8, 4) is 11.4 Å². The average molecular weight is 404 g/mol. The van der Waals surface area contributed by atoms with Crippen LogP contribution in [0.3, 0.4) is 0 Å². The SMILES string of the molecule is Cc1ccc(-c2noc(C(C)NC(C)c3ccccc3Br)n2)cc1F. The molecule has 0 saturated carbocycles. The number of nitrogens with one attached hydrogen (secondary N) is 1. The van der Waals surface area contributed by atoms with Gasteiger partial charge in [-0.1, -0.05) is 51.4 Å². The highest BCUT2D eigenvalue weighted by Crippen LogP contribution is 2.26. The summed E-state index contributed by atoms with van der Waals surface area (Å²) in [7, 11) is 0. The molecule has 0 fully saturated rings. The maximum absolute atomic E-state index is 13.7. The van der Waals surface area contributed by atoms with Crippen LogP contribution in [0.1, 0.15) is 42.9 Å². The summed E-state index contributed by atoms with van der Waals surface area (Å²) in [6, 6.07) is 12.9. The molecule has 1 aromatic heterocycles. The van der Waals surface area contributed by atoms with Crippen molar-refractivity contribution < 1.29 is 8.91 Å². The highest BCUT2D eigenvalue weighted by atomic mass is 79.9. The zero-order valence-corrected chi connectivity index (χ0v) is 15.8. The van der Waals surface area contributed by atoms with E-state index in [1.807, 2.05) is 25.1 Å². The predicted molar refractivity (Wildman–Crippen MR) is 98.5 cm³/mol. The molecule has 2 atom stereocenters. The highest BCUT2D eigenvalue weighted by Gasteiger charge is 2.19.